The Morgan fingerprint density at radius 2 is 2.22 bits per heavy atom. The molecule has 0 atom stereocenters. The summed E-state index contributed by atoms with van der Waals surface area (Å²) in [6, 6.07) is 3.23. The molecule has 1 heterocycles. The van der Waals surface area contributed by atoms with Gasteiger partial charge in [-0.25, -0.2) is 4.98 Å². The number of hydrogen-bond acceptors (Lipinski definition) is 3. The first-order chi connectivity index (χ1) is 8.44. The zero-order valence-electron chi connectivity index (χ0n) is 10.7. The van der Waals surface area contributed by atoms with Crippen LogP contribution in [-0.4, -0.2) is 29.1 Å². The average molecular weight is 271 g/mol. The van der Waals surface area contributed by atoms with E-state index in [-0.39, 0.29) is 17.9 Å². The number of hydrogen-bond donors (Lipinski definition) is 2. The van der Waals surface area contributed by atoms with E-state index < -0.39 is 0 Å². The van der Waals surface area contributed by atoms with Crippen LogP contribution in [0.25, 0.3) is 0 Å². The van der Waals surface area contributed by atoms with Gasteiger partial charge in [0.15, 0.2) is 0 Å². The van der Waals surface area contributed by atoms with E-state index in [0.717, 1.165) is 12.8 Å². The molecule has 0 spiro atoms. The van der Waals surface area contributed by atoms with Gasteiger partial charge in [-0.2, -0.15) is 0 Å². The number of nitrogens with one attached hydrogen (secondary N) is 1. The van der Waals surface area contributed by atoms with Crippen LogP contribution in [-0.2, 0) is 0 Å². The summed E-state index contributed by atoms with van der Waals surface area (Å²) in [5, 5.41) is 12.3. The Morgan fingerprint density at radius 3 is 2.78 bits per heavy atom. The maximum Gasteiger partial charge on any atom is 0.252 e. The minimum atomic E-state index is -0.152. The molecule has 18 heavy (non-hydrogen) atoms. The van der Waals surface area contributed by atoms with Crippen LogP contribution in [0.3, 0.4) is 0 Å². The molecule has 4 nitrogen and oxygen atoms in total. The first-order valence-corrected chi connectivity index (χ1v) is 6.33. The van der Waals surface area contributed by atoms with Crippen molar-refractivity contribution >= 4 is 17.5 Å². The molecule has 0 aliphatic rings. The molecule has 0 aliphatic heterocycles. The molecule has 1 rings (SSSR count). The summed E-state index contributed by atoms with van der Waals surface area (Å²) in [4.78, 5) is 15.6. The molecular weight excluding hydrogens is 252 g/mol. The van der Waals surface area contributed by atoms with E-state index in [1.807, 2.05) is 13.8 Å². The molecule has 100 valence electrons. The van der Waals surface area contributed by atoms with E-state index >= 15 is 0 Å². The zero-order valence-corrected chi connectivity index (χ0v) is 11.5. The Kier molecular flexibility index (Phi) is 5.56. The number of carbonyl (C=O) groups is 1. The van der Waals surface area contributed by atoms with Crippen molar-refractivity contribution in [1.82, 2.24) is 10.3 Å². The molecule has 0 aliphatic carbocycles. The number of pyridine rings is 1. The summed E-state index contributed by atoms with van der Waals surface area (Å²) >= 11 is 5.64. The van der Waals surface area contributed by atoms with Crippen LogP contribution in [0, 0.1) is 5.41 Å². The molecule has 0 unspecified atom stereocenters. The van der Waals surface area contributed by atoms with Crippen LogP contribution >= 0.6 is 11.6 Å². The van der Waals surface area contributed by atoms with Crippen molar-refractivity contribution in [2.24, 2.45) is 5.41 Å². The predicted molar refractivity (Wildman–Crippen MR) is 71.7 cm³/mol. The highest BCUT2D eigenvalue weighted by molar-refractivity contribution is 6.29. The fourth-order valence-corrected chi connectivity index (χ4v) is 1.57. The standard InChI is InChI=1S/C13H19ClN2O2/c1-13(2,9-17)6-3-7-15-12(18)10-4-5-11(14)16-8-10/h4-5,8,17H,3,6-7,9H2,1-2H3,(H,15,18). The molecule has 1 amide bonds. The maximum atomic E-state index is 11.7. The van der Waals surface area contributed by atoms with Gasteiger partial charge in [0.05, 0.1) is 5.56 Å². The van der Waals surface area contributed by atoms with Crippen LogP contribution < -0.4 is 5.32 Å². The van der Waals surface area contributed by atoms with Crippen molar-refractivity contribution in [1.29, 1.82) is 0 Å². The van der Waals surface area contributed by atoms with Gasteiger partial charge in [0.2, 0.25) is 0 Å². The summed E-state index contributed by atoms with van der Waals surface area (Å²) in [7, 11) is 0. The van der Waals surface area contributed by atoms with Crippen molar-refractivity contribution in [3.8, 4) is 0 Å². The highest BCUT2D eigenvalue weighted by Gasteiger charge is 2.15. The summed E-state index contributed by atoms with van der Waals surface area (Å²) < 4.78 is 0. The van der Waals surface area contributed by atoms with Gasteiger partial charge in [0.25, 0.3) is 5.91 Å². The van der Waals surface area contributed by atoms with Crippen LogP contribution in [0.5, 0.6) is 0 Å². The predicted octanol–water partition coefficient (Wildman–Crippen LogP) is 2.26. The minimum absolute atomic E-state index is 0.0907. The summed E-state index contributed by atoms with van der Waals surface area (Å²) in [6.07, 6.45) is 3.15. The lowest BCUT2D eigenvalue weighted by molar-refractivity contribution is 0.0948. The highest BCUT2D eigenvalue weighted by Crippen LogP contribution is 2.20. The third-order valence-corrected chi connectivity index (χ3v) is 2.96. The number of aliphatic hydroxyl groups is 1. The first-order valence-electron chi connectivity index (χ1n) is 5.95. The van der Waals surface area contributed by atoms with Gasteiger partial charge in [0.1, 0.15) is 5.15 Å². The fourth-order valence-electron chi connectivity index (χ4n) is 1.46. The zero-order chi connectivity index (χ0) is 13.6. The van der Waals surface area contributed by atoms with Crippen LogP contribution in [0.4, 0.5) is 0 Å². The van der Waals surface area contributed by atoms with Crippen LogP contribution in [0.1, 0.15) is 37.0 Å². The van der Waals surface area contributed by atoms with Gasteiger partial charge >= 0.3 is 0 Å². The van der Waals surface area contributed by atoms with E-state index in [1.165, 1.54) is 6.20 Å². The first kappa shape index (κ1) is 14.9. The minimum Gasteiger partial charge on any atom is -0.396 e. The van der Waals surface area contributed by atoms with Gasteiger partial charge in [0, 0.05) is 19.3 Å². The van der Waals surface area contributed by atoms with E-state index in [0.29, 0.717) is 17.3 Å². The van der Waals surface area contributed by atoms with Gasteiger partial charge in [-0.15, -0.1) is 0 Å². The molecule has 0 saturated carbocycles. The van der Waals surface area contributed by atoms with Gasteiger partial charge in [-0.05, 0) is 30.4 Å². The number of carbonyl (C=O) groups excluding carboxylic acids is 1. The molecular formula is C13H19ClN2O2. The third-order valence-electron chi connectivity index (χ3n) is 2.73. The lowest BCUT2D eigenvalue weighted by Crippen LogP contribution is -2.26. The second-order valence-electron chi connectivity index (χ2n) is 5.05. The smallest absolute Gasteiger partial charge is 0.252 e. The number of rotatable bonds is 6. The lowest BCUT2D eigenvalue weighted by atomic mass is 9.89. The fraction of sp³-hybridized carbons (Fsp3) is 0.538. The highest BCUT2D eigenvalue weighted by atomic mass is 35.5. The second-order valence-corrected chi connectivity index (χ2v) is 5.44. The van der Waals surface area contributed by atoms with Crippen LogP contribution in [0.15, 0.2) is 18.3 Å². The molecule has 5 heteroatoms. The van der Waals surface area contributed by atoms with Crippen LogP contribution in [0.2, 0.25) is 5.15 Å². The van der Waals surface area contributed by atoms with Gasteiger partial charge < -0.3 is 10.4 Å². The molecule has 0 bridgehead atoms. The number of aliphatic hydroxyl groups excluding tert-OH is 1. The van der Waals surface area contributed by atoms with E-state index in [2.05, 4.69) is 10.3 Å². The van der Waals surface area contributed by atoms with Crippen molar-refractivity contribution in [2.45, 2.75) is 26.7 Å². The Hall–Kier alpha value is -1.13. The van der Waals surface area contributed by atoms with Crippen molar-refractivity contribution in [2.75, 3.05) is 13.2 Å². The lowest BCUT2D eigenvalue weighted by Gasteiger charge is -2.21. The summed E-state index contributed by atoms with van der Waals surface area (Å²) in [5.41, 5.74) is 0.410. The largest absolute Gasteiger partial charge is 0.396 e. The molecule has 0 saturated heterocycles. The van der Waals surface area contributed by atoms with Crippen molar-refractivity contribution < 1.29 is 9.90 Å². The molecule has 2 N–H and O–H groups in total. The van der Waals surface area contributed by atoms with E-state index in [1.54, 1.807) is 12.1 Å². The van der Waals surface area contributed by atoms with E-state index in [4.69, 9.17) is 16.7 Å². The Bertz CT molecular complexity index is 390. The van der Waals surface area contributed by atoms with Crippen molar-refractivity contribution in [3.63, 3.8) is 0 Å². The van der Waals surface area contributed by atoms with Gasteiger partial charge in [-0.3, -0.25) is 4.79 Å². The molecule has 1 aromatic rings. The average Bonchev–Trinajstić information content (AvgIpc) is 2.35. The van der Waals surface area contributed by atoms with E-state index in [9.17, 15) is 4.79 Å². The normalized spacial score (nSPS) is 11.3. The summed E-state index contributed by atoms with van der Waals surface area (Å²) in [5.74, 6) is -0.152. The topological polar surface area (TPSA) is 62.2 Å². The Balaban J connectivity index is 2.32. The molecule has 0 radical (unpaired) electrons. The molecule has 1 aromatic heterocycles. The number of aromatic nitrogens is 1. The third kappa shape index (κ3) is 5.02. The Morgan fingerprint density at radius 1 is 1.50 bits per heavy atom. The van der Waals surface area contributed by atoms with Crippen molar-refractivity contribution in [3.05, 3.63) is 29.0 Å². The number of amides is 1. The number of nitrogens with zero attached hydrogens (tertiary/aromatic N) is 1. The monoisotopic (exact) mass is 270 g/mol. The molecule has 0 fully saturated rings. The van der Waals surface area contributed by atoms with Gasteiger partial charge in [-0.1, -0.05) is 25.4 Å². The SMILES string of the molecule is CC(C)(CO)CCCNC(=O)c1ccc(Cl)nc1. The quantitative estimate of drug-likeness (QED) is 0.616. The number of halogens is 1. The molecule has 0 aromatic carbocycles. The summed E-state index contributed by atoms with van der Waals surface area (Å²) in [6.45, 7) is 4.74. The Labute approximate surface area is 112 Å². The second kappa shape index (κ2) is 6.71. The maximum absolute atomic E-state index is 11.7.